The predicted molar refractivity (Wildman–Crippen MR) is 130 cm³/mol. The summed E-state index contributed by atoms with van der Waals surface area (Å²) >= 11 is 0. The molecule has 1 saturated heterocycles. The van der Waals surface area contributed by atoms with Gasteiger partial charge in [0.15, 0.2) is 0 Å². The van der Waals surface area contributed by atoms with E-state index in [2.05, 4.69) is 69.3 Å². The lowest BCUT2D eigenvalue weighted by molar-refractivity contribution is 0.0817. The van der Waals surface area contributed by atoms with Gasteiger partial charge in [-0.1, -0.05) is 55.3 Å². The Balaban J connectivity index is 1.35. The van der Waals surface area contributed by atoms with Gasteiger partial charge in [0.25, 0.3) is 0 Å². The van der Waals surface area contributed by atoms with E-state index in [0.717, 1.165) is 81.6 Å². The first kappa shape index (κ1) is 21.8. The minimum Gasteiger partial charge on any atom is -0.482 e. The van der Waals surface area contributed by atoms with Crippen molar-refractivity contribution in [3.05, 3.63) is 65.7 Å². The van der Waals surface area contributed by atoms with Crippen LogP contribution in [-0.2, 0) is 6.54 Å². The van der Waals surface area contributed by atoms with Gasteiger partial charge in [-0.15, -0.1) is 10.2 Å². The summed E-state index contributed by atoms with van der Waals surface area (Å²) in [6, 6.07) is 16.8. The van der Waals surface area contributed by atoms with Gasteiger partial charge in [0.2, 0.25) is 5.82 Å². The molecule has 0 saturated carbocycles. The lowest BCUT2D eigenvalue weighted by Gasteiger charge is -2.40. The van der Waals surface area contributed by atoms with Crippen molar-refractivity contribution < 1.29 is 4.74 Å². The number of aryl methyl sites for hydroxylation is 1. The number of para-hydroxylation sites is 1. The van der Waals surface area contributed by atoms with E-state index in [4.69, 9.17) is 10.5 Å². The molecule has 3 N–H and O–H groups in total. The number of unbranched alkanes of at least 4 members (excludes halogenated alkanes) is 3. The zero-order valence-corrected chi connectivity index (χ0v) is 19.0. The molecule has 1 fully saturated rings. The van der Waals surface area contributed by atoms with Crippen LogP contribution in [0.1, 0.15) is 49.7 Å². The molecule has 0 unspecified atom stereocenters. The van der Waals surface area contributed by atoms with Gasteiger partial charge >= 0.3 is 0 Å². The smallest absolute Gasteiger partial charge is 0.204 e. The molecule has 0 amide bonds. The number of nitrogens with one attached hydrogen (secondary N) is 1. The maximum atomic E-state index is 6.51. The molecule has 2 aliphatic rings. The topological polar surface area (TPSA) is 90.9 Å². The van der Waals surface area contributed by atoms with Crippen LogP contribution in [0.4, 0.5) is 0 Å². The van der Waals surface area contributed by atoms with Gasteiger partial charge in [0, 0.05) is 24.0 Å². The van der Waals surface area contributed by atoms with E-state index >= 15 is 0 Å². The van der Waals surface area contributed by atoms with E-state index in [-0.39, 0.29) is 5.60 Å². The first-order valence-electron chi connectivity index (χ1n) is 12.1. The standard InChI is InChI=1S/C26H32N6O/c27-15-5-1-2-6-18-32-30-25(29-31-32)21-11-9-20(10-12-21)23-19-26(13-16-28-17-14-26)33-24-8-4-3-7-22(23)24/h3-4,7-12,19,28H,1-2,5-6,13-18,27H2. The lowest BCUT2D eigenvalue weighted by Crippen LogP contribution is -2.46. The van der Waals surface area contributed by atoms with Gasteiger partial charge in [-0.2, -0.15) is 4.80 Å². The minimum absolute atomic E-state index is 0.234. The molecule has 0 aliphatic carbocycles. The van der Waals surface area contributed by atoms with Gasteiger partial charge in [0.05, 0.1) is 6.54 Å². The first-order valence-corrected chi connectivity index (χ1v) is 12.1. The zero-order valence-electron chi connectivity index (χ0n) is 19.0. The molecule has 33 heavy (non-hydrogen) atoms. The molecule has 5 rings (SSSR count). The van der Waals surface area contributed by atoms with E-state index in [1.165, 1.54) is 11.1 Å². The molecule has 1 spiro atoms. The number of nitrogens with two attached hydrogens (primary N) is 1. The van der Waals surface area contributed by atoms with Crippen molar-refractivity contribution in [1.29, 1.82) is 0 Å². The number of benzene rings is 2. The van der Waals surface area contributed by atoms with Gasteiger partial charge < -0.3 is 15.8 Å². The monoisotopic (exact) mass is 444 g/mol. The van der Waals surface area contributed by atoms with E-state index in [9.17, 15) is 0 Å². The van der Waals surface area contributed by atoms with Crippen LogP contribution in [0.5, 0.6) is 5.75 Å². The van der Waals surface area contributed by atoms with Crippen LogP contribution in [0.2, 0.25) is 0 Å². The third-order valence-electron chi connectivity index (χ3n) is 6.57. The Morgan fingerprint density at radius 3 is 2.52 bits per heavy atom. The molecule has 2 aliphatic heterocycles. The Bertz CT molecular complexity index is 1100. The van der Waals surface area contributed by atoms with Crippen LogP contribution in [0, 0.1) is 0 Å². The largest absolute Gasteiger partial charge is 0.482 e. The molecule has 3 heterocycles. The number of nitrogens with zero attached hydrogens (tertiary/aromatic N) is 4. The summed E-state index contributed by atoms with van der Waals surface area (Å²) in [4.78, 5) is 1.70. The van der Waals surface area contributed by atoms with Crippen molar-refractivity contribution in [3.63, 3.8) is 0 Å². The maximum absolute atomic E-state index is 6.51. The number of rotatable bonds is 8. The molecular formula is C26H32N6O. The minimum atomic E-state index is -0.234. The molecule has 2 aromatic carbocycles. The summed E-state index contributed by atoms with van der Waals surface area (Å²) in [5.74, 6) is 1.64. The van der Waals surface area contributed by atoms with Crippen molar-refractivity contribution >= 4 is 5.57 Å². The number of aromatic nitrogens is 4. The Labute approximate surface area is 195 Å². The molecule has 0 bridgehead atoms. The number of tetrazole rings is 1. The Morgan fingerprint density at radius 1 is 0.939 bits per heavy atom. The van der Waals surface area contributed by atoms with Crippen molar-refractivity contribution in [2.45, 2.75) is 50.7 Å². The van der Waals surface area contributed by atoms with Crippen molar-refractivity contribution in [2.75, 3.05) is 19.6 Å². The molecule has 7 nitrogen and oxygen atoms in total. The quantitative estimate of drug-likeness (QED) is 0.514. The van der Waals surface area contributed by atoms with Crippen molar-refractivity contribution in [3.8, 4) is 17.1 Å². The SMILES string of the molecule is NCCCCCCn1nnc(-c2ccc(C3=CC4(CCNCC4)Oc4ccccc43)cc2)n1. The van der Waals surface area contributed by atoms with Crippen LogP contribution < -0.4 is 15.8 Å². The van der Waals surface area contributed by atoms with Crippen molar-refractivity contribution in [1.82, 2.24) is 25.5 Å². The second-order valence-electron chi connectivity index (χ2n) is 8.96. The Morgan fingerprint density at radius 2 is 1.70 bits per heavy atom. The third-order valence-corrected chi connectivity index (χ3v) is 6.57. The highest BCUT2D eigenvalue weighted by Crippen LogP contribution is 2.42. The van der Waals surface area contributed by atoms with Crippen LogP contribution in [-0.4, -0.2) is 45.4 Å². The van der Waals surface area contributed by atoms with Crippen LogP contribution >= 0.6 is 0 Å². The fourth-order valence-corrected chi connectivity index (χ4v) is 4.71. The van der Waals surface area contributed by atoms with E-state index in [0.29, 0.717) is 5.82 Å². The molecule has 3 aromatic rings. The molecule has 0 radical (unpaired) electrons. The summed E-state index contributed by atoms with van der Waals surface area (Å²) in [5, 5.41) is 16.5. The fraction of sp³-hybridized carbons (Fsp3) is 0.423. The summed E-state index contributed by atoms with van der Waals surface area (Å²) < 4.78 is 6.51. The highest BCUT2D eigenvalue weighted by atomic mass is 16.5. The van der Waals surface area contributed by atoms with Gasteiger partial charge in [-0.3, -0.25) is 0 Å². The predicted octanol–water partition coefficient (Wildman–Crippen LogP) is 3.81. The van der Waals surface area contributed by atoms with Gasteiger partial charge in [-0.05, 0) is 61.0 Å². The number of hydrogen-bond acceptors (Lipinski definition) is 6. The number of piperidine rings is 1. The average molecular weight is 445 g/mol. The van der Waals surface area contributed by atoms with Crippen LogP contribution in [0.3, 0.4) is 0 Å². The first-order chi connectivity index (χ1) is 16.3. The highest BCUT2D eigenvalue weighted by molar-refractivity contribution is 5.85. The van der Waals surface area contributed by atoms with Gasteiger partial charge in [0.1, 0.15) is 11.4 Å². The molecule has 172 valence electrons. The normalized spacial score (nSPS) is 16.8. The summed E-state index contributed by atoms with van der Waals surface area (Å²) in [7, 11) is 0. The number of hydrogen-bond donors (Lipinski definition) is 2. The Hall–Kier alpha value is -3.03. The molecule has 0 atom stereocenters. The zero-order chi connectivity index (χ0) is 22.5. The summed E-state index contributed by atoms with van der Waals surface area (Å²) in [6.45, 7) is 3.49. The fourth-order valence-electron chi connectivity index (χ4n) is 4.71. The van der Waals surface area contributed by atoms with Crippen LogP contribution in [0.15, 0.2) is 54.6 Å². The van der Waals surface area contributed by atoms with Crippen molar-refractivity contribution in [2.24, 2.45) is 5.73 Å². The number of fused-ring (bicyclic) bond motifs is 1. The lowest BCUT2D eigenvalue weighted by atomic mass is 9.83. The molecule has 7 heteroatoms. The average Bonchev–Trinajstić information content (AvgIpc) is 3.33. The maximum Gasteiger partial charge on any atom is 0.204 e. The second kappa shape index (κ2) is 9.85. The summed E-state index contributed by atoms with van der Waals surface area (Å²) in [6.07, 6.45) is 8.70. The van der Waals surface area contributed by atoms with E-state index < -0.39 is 0 Å². The number of ether oxygens (including phenoxy) is 1. The third kappa shape index (κ3) is 4.84. The van der Waals surface area contributed by atoms with Gasteiger partial charge in [-0.25, -0.2) is 0 Å². The van der Waals surface area contributed by atoms with Crippen LogP contribution in [0.25, 0.3) is 17.0 Å². The summed E-state index contributed by atoms with van der Waals surface area (Å²) in [5.41, 5.74) is 9.86. The Kier molecular flexibility index (Phi) is 6.51. The second-order valence-corrected chi connectivity index (χ2v) is 8.96. The highest BCUT2D eigenvalue weighted by Gasteiger charge is 2.36. The van der Waals surface area contributed by atoms with E-state index in [1.807, 2.05) is 6.07 Å². The van der Waals surface area contributed by atoms with E-state index in [1.54, 1.807) is 4.80 Å². The molecule has 1 aromatic heterocycles. The molecular weight excluding hydrogens is 412 g/mol.